The van der Waals surface area contributed by atoms with Gasteiger partial charge in [0.05, 0.1) is 18.9 Å². The smallest absolute Gasteiger partial charge is 0.279 e. The first kappa shape index (κ1) is 19.8. The van der Waals surface area contributed by atoms with Gasteiger partial charge in [0.25, 0.3) is 15.9 Å². The minimum absolute atomic E-state index is 0.0874. The van der Waals surface area contributed by atoms with Crippen LogP contribution in [-0.2, 0) is 10.0 Å². The maximum atomic E-state index is 12.7. The summed E-state index contributed by atoms with van der Waals surface area (Å²) < 4.78 is 32.9. The monoisotopic (exact) mass is 418 g/mol. The van der Waals surface area contributed by atoms with Crippen molar-refractivity contribution in [2.24, 2.45) is 0 Å². The SMILES string of the molecule is COc1ccc(NS(=O)(=O)c2[nH]ncc2C(=O)Nc2cccc(SC)c2)cc1. The van der Waals surface area contributed by atoms with E-state index in [1.807, 2.05) is 12.3 Å². The van der Waals surface area contributed by atoms with E-state index < -0.39 is 15.9 Å². The third-order valence-corrected chi connectivity index (χ3v) is 5.87. The van der Waals surface area contributed by atoms with E-state index in [1.165, 1.54) is 25.1 Å². The number of anilines is 2. The Kier molecular flexibility index (Phi) is 5.90. The van der Waals surface area contributed by atoms with E-state index in [0.29, 0.717) is 17.1 Å². The largest absolute Gasteiger partial charge is 0.497 e. The molecule has 0 aliphatic heterocycles. The number of nitrogens with zero attached hydrogens (tertiary/aromatic N) is 1. The second-order valence-corrected chi connectivity index (χ2v) is 8.13. The number of rotatable bonds is 7. The quantitative estimate of drug-likeness (QED) is 0.508. The molecule has 1 amide bonds. The number of nitrogens with one attached hydrogen (secondary N) is 3. The summed E-state index contributed by atoms with van der Waals surface area (Å²) in [5.41, 5.74) is 0.800. The average Bonchev–Trinajstić information content (AvgIpc) is 3.20. The predicted octanol–water partition coefficient (Wildman–Crippen LogP) is 3.19. The molecule has 0 saturated carbocycles. The van der Waals surface area contributed by atoms with Crippen molar-refractivity contribution in [2.75, 3.05) is 23.4 Å². The first-order valence-electron chi connectivity index (χ1n) is 8.08. The topological polar surface area (TPSA) is 113 Å². The van der Waals surface area contributed by atoms with Gasteiger partial charge in [0.1, 0.15) is 5.75 Å². The molecule has 2 aromatic carbocycles. The molecule has 1 aromatic heterocycles. The molecule has 146 valence electrons. The highest BCUT2D eigenvalue weighted by atomic mass is 32.2. The molecule has 0 radical (unpaired) electrons. The van der Waals surface area contributed by atoms with Crippen molar-refractivity contribution in [3.05, 3.63) is 60.3 Å². The lowest BCUT2D eigenvalue weighted by atomic mass is 10.3. The third-order valence-electron chi connectivity index (χ3n) is 3.79. The molecular weight excluding hydrogens is 400 g/mol. The van der Waals surface area contributed by atoms with Gasteiger partial charge in [-0.3, -0.25) is 14.6 Å². The van der Waals surface area contributed by atoms with Crippen LogP contribution in [0.5, 0.6) is 5.75 Å². The molecule has 10 heteroatoms. The molecule has 28 heavy (non-hydrogen) atoms. The number of hydrogen-bond donors (Lipinski definition) is 3. The molecule has 0 bridgehead atoms. The Morgan fingerprint density at radius 3 is 2.57 bits per heavy atom. The number of aromatic nitrogens is 2. The molecule has 3 aromatic rings. The lowest BCUT2D eigenvalue weighted by Gasteiger charge is -2.10. The van der Waals surface area contributed by atoms with E-state index in [1.54, 1.807) is 42.5 Å². The minimum Gasteiger partial charge on any atom is -0.497 e. The summed E-state index contributed by atoms with van der Waals surface area (Å²) in [6.07, 6.45) is 3.10. The van der Waals surface area contributed by atoms with Crippen LogP contribution in [0.15, 0.2) is 64.6 Å². The van der Waals surface area contributed by atoms with E-state index in [9.17, 15) is 13.2 Å². The van der Waals surface area contributed by atoms with Gasteiger partial charge in [-0.2, -0.15) is 13.5 Å². The zero-order valence-corrected chi connectivity index (χ0v) is 16.7. The van der Waals surface area contributed by atoms with Crippen molar-refractivity contribution >= 4 is 39.1 Å². The lowest BCUT2D eigenvalue weighted by molar-refractivity contribution is 0.102. The van der Waals surface area contributed by atoms with Crippen LogP contribution in [0.25, 0.3) is 0 Å². The van der Waals surface area contributed by atoms with Crippen LogP contribution >= 0.6 is 11.8 Å². The lowest BCUT2D eigenvalue weighted by Crippen LogP contribution is -2.19. The fraction of sp³-hybridized carbons (Fsp3) is 0.111. The number of benzene rings is 2. The standard InChI is InChI=1S/C18H18N4O4S2/c1-26-14-8-6-12(7-9-14)22-28(24,25)18-16(11-19-21-18)17(23)20-13-4-3-5-15(10-13)27-2/h3-11,22H,1-2H3,(H,19,21)(H,20,23). The fourth-order valence-electron chi connectivity index (χ4n) is 2.41. The molecule has 8 nitrogen and oxygen atoms in total. The summed E-state index contributed by atoms with van der Waals surface area (Å²) in [5, 5.41) is 8.48. The molecular formula is C18H18N4O4S2. The normalized spacial score (nSPS) is 11.1. The molecule has 3 rings (SSSR count). The Morgan fingerprint density at radius 1 is 1.14 bits per heavy atom. The predicted molar refractivity (Wildman–Crippen MR) is 109 cm³/mol. The first-order chi connectivity index (χ1) is 13.4. The second kappa shape index (κ2) is 8.36. The van der Waals surface area contributed by atoms with Crippen molar-refractivity contribution < 1.29 is 17.9 Å². The van der Waals surface area contributed by atoms with Gasteiger partial charge in [0, 0.05) is 16.3 Å². The second-order valence-electron chi connectivity index (χ2n) is 5.63. The number of H-pyrrole nitrogens is 1. The molecule has 1 heterocycles. The summed E-state index contributed by atoms with van der Waals surface area (Å²) in [5.74, 6) is 0.0131. The van der Waals surface area contributed by atoms with Gasteiger partial charge in [-0.15, -0.1) is 11.8 Å². The maximum absolute atomic E-state index is 12.7. The number of ether oxygens (including phenoxy) is 1. The summed E-state index contributed by atoms with van der Waals surface area (Å²) in [6, 6.07) is 13.6. The highest BCUT2D eigenvalue weighted by molar-refractivity contribution is 7.98. The Bertz CT molecular complexity index is 1080. The van der Waals surface area contributed by atoms with Gasteiger partial charge in [0.2, 0.25) is 0 Å². The van der Waals surface area contributed by atoms with Crippen molar-refractivity contribution in [3.8, 4) is 5.75 Å². The molecule has 0 fully saturated rings. The van der Waals surface area contributed by atoms with Gasteiger partial charge in [-0.25, -0.2) is 0 Å². The fourth-order valence-corrected chi connectivity index (χ4v) is 4.02. The highest BCUT2D eigenvalue weighted by Crippen LogP contribution is 2.22. The molecule has 0 aliphatic carbocycles. The number of sulfonamides is 1. The van der Waals surface area contributed by atoms with Crippen molar-refractivity contribution in [2.45, 2.75) is 9.92 Å². The van der Waals surface area contributed by atoms with Crippen LogP contribution in [0.4, 0.5) is 11.4 Å². The molecule has 0 atom stereocenters. The number of hydrogen-bond acceptors (Lipinski definition) is 6. The van der Waals surface area contributed by atoms with Gasteiger partial charge in [-0.1, -0.05) is 6.07 Å². The van der Waals surface area contributed by atoms with Crippen LogP contribution in [0, 0.1) is 0 Å². The third kappa shape index (κ3) is 4.46. The Balaban J connectivity index is 1.81. The van der Waals surface area contributed by atoms with Gasteiger partial charge >= 0.3 is 0 Å². The van der Waals surface area contributed by atoms with E-state index >= 15 is 0 Å². The minimum atomic E-state index is -4.04. The van der Waals surface area contributed by atoms with Crippen LogP contribution in [0.1, 0.15) is 10.4 Å². The summed E-state index contributed by atoms with van der Waals surface area (Å²) >= 11 is 1.53. The van der Waals surface area contributed by atoms with Crippen molar-refractivity contribution in [1.82, 2.24) is 10.2 Å². The summed E-state index contributed by atoms with van der Waals surface area (Å²) in [4.78, 5) is 13.6. The van der Waals surface area contributed by atoms with Gasteiger partial charge < -0.3 is 10.1 Å². The van der Waals surface area contributed by atoms with Crippen molar-refractivity contribution in [1.29, 1.82) is 0 Å². The van der Waals surface area contributed by atoms with Crippen LogP contribution in [-0.4, -0.2) is 37.9 Å². The van der Waals surface area contributed by atoms with E-state index in [0.717, 1.165) is 4.90 Å². The molecule has 0 saturated heterocycles. The number of methoxy groups -OCH3 is 1. The van der Waals surface area contributed by atoms with Gasteiger partial charge in [-0.05, 0) is 48.7 Å². The summed E-state index contributed by atoms with van der Waals surface area (Å²) in [6.45, 7) is 0. The first-order valence-corrected chi connectivity index (χ1v) is 10.8. The zero-order chi connectivity index (χ0) is 20.1. The van der Waals surface area contributed by atoms with E-state index in [-0.39, 0.29) is 10.6 Å². The Morgan fingerprint density at radius 2 is 1.89 bits per heavy atom. The molecule has 0 spiro atoms. The summed E-state index contributed by atoms with van der Waals surface area (Å²) in [7, 11) is -2.53. The van der Waals surface area contributed by atoms with E-state index in [2.05, 4.69) is 20.2 Å². The van der Waals surface area contributed by atoms with Crippen LogP contribution in [0.3, 0.4) is 0 Å². The number of carbonyl (C=O) groups is 1. The molecule has 0 unspecified atom stereocenters. The van der Waals surface area contributed by atoms with Crippen LogP contribution < -0.4 is 14.8 Å². The number of amides is 1. The highest BCUT2D eigenvalue weighted by Gasteiger charge is 2.25. The number of carbonyl (C=O) groups excluding carboxylic acids is 1. The number of thioether (sulfide) groups is 1. The maximum Gasteiger partial charge on any atom is 0.279 e. The van der Waals surface area contributed by atoms with Crippen molar-refractivity contribution in [3.63, 3.8) is 0 Å². The Labute approximate surface area is 166 Å². The zero-order valence-electron chi connectivity index (χ0n) is 15.1. The molecule has 3 N–H and O–H groups in total. The van der Waals surface area contributed by atoms with Crippen LogP contribution in [0.2, 0.25) is 0 Å². The Hall–Kier alpha value is -2.98. The average molecular weight is 419 g/mol. The number of aromatic amines is 1. The van der Waals surface area contributed by atoms with Gasteiger partial charge in [0.15, 0.2) is 5.03 Å². The van der Waals surface area contributed by atoms with E-state index in [4.69, 9.17) is 4.74 Å². The molecule has 0 aliphatic rings.